The number of ether oxygens (including phenoxy) is 1. The fraction of sp³-hybridized carbons (Fsp3) is 0.625. The zero-order valence-corrected chi connectivity index (χ0v) is 13.2. The molecule has 18 heavy (non-hydrogen) atoms. The summed E-state index contributed by atoms with van der Waals surface area (Å²) in [5.74, 6) is 0. The molecule has 1 unspecified atom stereocenters. The molecule has 0 N–H and O–H groups in total. The van der Waals surface area contributed by atoms with Crippen LogP contribution < -0.4 is 0 Å². The molecule has 1 aromatic carbocycles. The minimum atomic E-state index is 0.161. The molecular weight excluding hydrogens is 288 g/mol. The van der Waals surface area contributed by atoms with E-state index in [1.165, 1.54) is 36.0 Å². The molecule has 0 aromatic heterocycles. The van der Waals surface area contributed by atoms with E-state index in [1.54, 1.807) is 0 Å². The molecule has 100 valence electrons. The second-order valence-corrected chi connectivity index (χ2v) is 6.96. The van der Waals surface area contributed by atoms with Gasteiger partial charge in [-0.3, -0.25) is 0 Å². The van der Waals surface area contributed by atoms with Crippen LogP contribution in [0.5, 0.6) is 0 Å². The number of benzene rings is 1. The second-order valence-electron chi connectivity index (χ2n) is 5.66. The van der Waals surface area contributed by atoms with Crippen LogP contribution in [0.25, 0.3) is 0 Å². The van der Waals surface area contributed by atoms with Gasteiger partial charge in [-0.15, -0.1) is 0 Å². The van der Waals surface area contributed by atoms with Crippen LogP contribution in [0.1, 0.15) is 42.4 Å². The predicted molar refractivity (Wildman–Crippen MR) is 80.5 cm³/mol. The van der Waals surface area contributed by atoms with Crippen LogP contribution in [-0.4, -0.2) is 17.5 Å². The van der Waals surface area contributed by atoms with Crippen molar-refractivity contribution in [1.82, 2.24) is 0 Å². The third-order valence-corrected chi connectivity index (χ3v) is 4.97. The van der Waals surface area contributed by atoms with E-state index in [1.807, 2.05) is 7.11 Å². The first-order valence-electron chi connectivity index (χ1n) is 6.80. The summed E-state index contributed by atoms with van der Waals surface area (Å²) in [5.41, 5.74) is 4.34. The molecule has 1 atom stereocenters. The molecule has 1 nitrogen and oxygen atoms in total. The Kier molecular flexibility index (Phi) is 4.50. The number of methoxy groups -OCH3 is 1. The molecule has 1 fully saturated rings. The third-order valence-electron chi connectivity index (χ3n) is 4.32. The smallest absolute Gasteiger partial charge is 0.0689 e. The average Bonchev–Trinajstić information content (AvgIpc) is 2.29. The number of hydrogen-bond acceptors (Lipinski definition) is 1. The van der Waals surface area contributed by atoms with E-state index in [-0.39, 0.29) is 5.60 Å². The van der Waals surface area contributed by atoms with E-state index in [2.05, 4.69) is 48.0 Å². The number of alkyl halides is 1. The molecule has 0 heterocycles. The number of aryl methyl sites for hydroxylation is 2. The monoisotopic (exact) mass is 310 g/mol. The Morgan fingerprint density at radius 2 is 2.00 bits per heavy atom. The molecule has 2 heteroatoms. The lowest BCUT2D eigenvalue weighted by atomic mass is 9.76. The number of halogens is 1. The van der Waals surface area contributed by atoms with Crippen molar-refractivity contribution in [2.24, 2.45) is 0 Å². The molecule has 1 saturated carbocycles. The Balaban J connectivity index is 1.94. The molecular formula is C16H23BrO. The van der Waals surface area contributed by atoms with Gasteiger partial charge < -0.3 is 4.74 Å². The maximum atomic E-state index is 5.69. The van der Waals surface area contributed by atoms with Gasteiger partial charge in [-0.05, 0) is 62.6 Å². The van der Waals surface area contributed by atoms with Crippen LogP contribution in [0.2, 0.25) is 0 Å². The van der Waals surface area contributed by atoms with Gasteiger partial charge in [0.25, 0.3) is 0 Å². The molecule has 0 saturated heterocycles. The summed E-state index contributed by atoms with van der Waals surface area (Å²) in [5, 5.41) is 0. The molecule has 1 aromatic rings. The van der Waals surface area contributed by atoms with Gasteiger partial charge in [0.2, 0.25) is 0 Å². The van der Waals surface area contributed by atoms with Gasteiger partial charge in [0.05, 0.1) is 5.60 Å². The fourth-order valence-corrected chi connectivity index (χ4v) is 3.69. The standard InChI is InChI=1S/C16H23BrO/c1-12-5-6-14(9-13(12)2)10-15(17)11-16(18-3)7-4-8-16/h5-6,9,15H,4,7-8,10-11H2,1-3H3. The Morgan fingerprint density at radius 1 is 1.28 bits per heavy atom. The van der Waals surface area contributed by atoms with Crippen molar-refractivity contribution < 1.29 is 4.74 Å². The van der Waals surface area contributed by atoms with Gasteiger partial charge in [-0.2, -0.15) is 0 Å². The second kappa shape index (κ2) is 5.75. The maximum absolute atomic E-state index is 5.69. The normalized spacial score (nSPS) is 19.3. The summed E-state index contributed by atoms with van der Waals surface area (Å²) in [4.78, 5) is 0.514. The van der Waals surface area contributed by atoms with E-state index in [0.717, 1.165) is 12.8 Å². The summed E-state index contributed by atoms with van der Waals surface area (Å²) in [6.45, 7) is 4.35. The van der Waals surface area contributed by atoms with Crippen molar-refractivity contribution in [1.29, 1.82) is 0 Å². The minimum Gasteiger partial charge on any atom is -0.378 e. The summed E-state index contributed by atoms with van der Waals surface area (Å²) in [6, 6.07) is 6.78. The fourth-order valence-electron chi connectivity index (χ4n) is 2.72. The number of rotatable bonds is 5. The Morgan fingerprint density at radius 3 is 2.50 bits per heavy atom. The highest BCUT2D eigenvalue weighted by Crippen LogP contribution is 2.40. The van der Waals surface area contributed by atoms with Crippen LogP contribution in [0.3, 0.4) is 0 Å². The lowest BCUT2D eigenvalue weighted by molar-refractivity contribution is -0.0770. The summed E-state index contributed by atoms with van der Waals surface area (Å²) < 4.78 is 5.69. The highest BCUT2D eigenvalue weighted by atomic mass is 79.9. The Labute approximate surface area is 119 Å². The molecule has 1 aliphatic rings. The SMILES string of the molecule is COC1(CC(Br)Cc2ccc(C)c(C)c2)CCC1. The van der Waals surface area contributed by atoms with E-state index in [9.17, 15) is 0 Å². The van der Waals surface area contributed by atoms with E-state index in [4.69, 9.17) is 4.74 Å². The van der Waals surface area contributed by atoms with Crippen molar-refractivity contribution in [2.45, 2.75) is 56.4 Å². The quantitative estimate of drug-likeness (QED) is 0.724. The molecule has 0 amide bonds. The lowest BCUT2D eigenvalue weighted by Gasteiger charge is -2.42. The summed E-state index contributed by atoms with van der Waals surface area (Å²) in [6.07, 6.45) is 5.97. The van der Waals surface area contributed by atoms with Gasteiger partial charge in [-0.25, -0.2) is 0 Å². The Hall–Kier alpha value is -0.340. The summed E-state index contributed by atoms with van der Waals surface area (Å²) >= 11 is 3.83. The lowest BCUT2D eigenvalue weighted by Crippen LogP contribution is -2.41. The van der Waals surface area contributed by atoms with Crippen molar-refractivity contribution in [3.05, 3.63) is 34.9 Å². The molecule has 0 aliphatic heterocycles. The van der Waals surface area contributed by atoms with Crippen LogP contribution in [0.4, 0.5) is 0 Å². The van der Waals surface area contributed by atoms with Crippen molar-refractivity contribution in [3.63, 3.8) is 0 Å². The van der Waals surface area contributed by atoms with E-state index in [0.29, 0.717) is 4.83 Å². The van der Waals surface area contributed by atoms with Crippen LogP contribution in [0.15, 0.2) is 18.2 Å². The third kappa shape index (κ3) is 3.16. The van der Waals surface area contributed by atoms with Gasteiger partial charge in [0.1, 0.15) is 0 Å². The average molecular weight is 311 g/mol. The van der Waals surface area contributed by atoms with Crippen LogP contribution in [0, 0.1) is 13.8 Å². The maximum Gasteiger partial charge on any atom is 0.0689 e. The van der Waals surface area contributed by atoms with Crippen LogP contribution >= 0.6 is 15.9 Å². The minimum absolute atomic E-state index is 0.161. The van der Waals surface area contributed by atoms with E-state index >= 15 is 0 Å². The first kappa shape index (κ1) is 14.1. The summed E-state index contributed by atoms with van der Waals surface area (Å²) in [7, 11) is 1.86. The first-order valence-corrected chi connectivity index (χ1v) is 7.72. The number of hydrogen-bond donors (Lipinski definition) is 0. The van der Waals surface area contributed by atoms with Gasteiger partial charge in [-0.1, -0.05) is 34.1 Å². The molecule has 0 spiro atoms. The molecule has 0 radical (unpaired) electrons. The van der Waals surface area contributed by atoms with Crippen molar-refractivity contribution in [2.75, 3.05) is 7.11 Å². The molecule has 1 aliphatic carbocycles. The highest BCUT2D eigenvalue weighted by molar-refractivity contribution is 9.09. The van der Waals surface area contributed by atoms with Gasteiger partial charge in [0.15, 0.2) is 0 Å². The van der Waals surface area contributed by atoms with Crippen molar-refractivity contribution >= 4 is 15.9 Å². The zero-order valence-electron chi connectivity index (χ0n) is 11.6. The van der Waals surface area contributed by atoms with Crippen molar-refractivity contribution in [3.8, 4) is 0 Å². The zero-order chi connectivity index (χ0) is 13.2. The molecule has 0 bridgehead atoms. The largest absolute Gasteiger partial charge is 0.378 e. The van der Waals surface area contributed by atoms with Gasteiger partial charge in [0, 0.05) is 11.9 Å². The Bertz CT molecular complexity index is 404. The topological polar surface area (TPSA) is 9.23 Å². The van der Waals surface area contributed by atoms with Gasteiger partial charge >= 0.3 is 0 Å². The predicted octanol–water partition coefficient (Wildman–Crippen LogP) is 4.57. The van der Waals surface area contributed by atoms with E-state index < -0.39 is 0 Å². The highest BCUT2D eigenvalue weighted by Gasteiger charge is 2.38. The van der Waals surface area contributed by atoms with Crippen LogP contribution in [-0.2, 0) is 11.2 Å². The first-order chi connectivity index (χ1) is 8.54. The molecule has 2 rings (SSSR count).